The van der Waals surface area contributed by atoms with Crippen LogP contribution in [0.3, 0.4) is 0 Å². The van der Waals surface area contributed by atoms with Crippen LogP contribution in [0.15, 0.2) is 36.4 Å². The standard InChI is InChI=1S/C16H14FN3O2/c1-11-3-4-13(7-14(11)17)10-19(2)15-6-5-12(9-18)8-16(15)20(21)22/h3-8H,10H2,1-2H3. The van der Waals surface area contributed by atoms with E-state index in [1.165, 1.54) is 24.3 Å². The number of nitriles is 1. The molecule has 0 saturated carbocycles. The van der Waals surface area contributed by atoms with E-state index in [0.717, 1.165) is 0 Å². The molecule has 0 aromatic heterocycles. The van der Waals surface area contributed by atoms with Crippen LogP contribution in [0.25, 0.3) is 0 Å². The second-order valence-corrected chi connectivity index (χ2v) is 5.01. The molecular weight excluding hydrogens is 285 g/mol. The van der Waals surface area contributed by atoms with E-state index in [2.05, 4.69) is 0 Å². The van der Waals surface area contributed by atoms with Crippen molar-refractivity contribution in [2.24, 2.45) is 0 Å². The SMILES string of the molecule is Cc1ccc(CN(C)c2ccc(C#N)cc2[N+](=O)[O-])cc1F. The highest BCUT2D eigenvalue weighted by Gasteiger charge is 2.18. The number of rotatable bonds is 4. The Labute approximate surface area is 127 Å². The molecule has 0 aliphatic rings. The van der Waals surface area contributed by atoms with Gasteiger partial charge in [-0.25, -0.2) is 4.39 Å². The molecule has 0 radical (unpaired) electrons. The number of benzene rings is 2. The molecule has 0 bridgehead atoms. The second-order valence-electron chi connectivity index (χ2n) is 5.01. The fraction of sp³-hybridized carbons (Fsp3) is 0.188. The topological polar surface area (TPSA) is 70.2 Å². The summed E-state index contributed by atoms with van der Waals surface area (Å²) in [5.74, 6) is -0.305. The van der Waals surface area contributed by atoms with E-state index in [0.29, 0.717) is 23.4 Å². The molecule has 5 nitrogen and oxygen atoms in total. The first-order valence-corrected chi connectivity index (χ1v) is 6.57. The maximum absolute atomic E-state index is 13.6. The molecule has 0 aliphatic carbocycles. The zero-order valence-corrected chi connectivity index (χ0v) is 12.2. The van der Waals surface area contributed by atoms with E-state index >= 15 is 0 Å². The number of hydrogen-bond donors (Lipinski definition) is 0. The van der Waals surface area contributed by atoms with Crippen molar-refractivity contribution >= 4 is 11.4 Å². The fourth-order valence-electron chi connectivity index (χ4n) is 2.16. The summed E-state index contributed by atoms with van der Waals surface area (Å²) in [6.45, 7) is 2.00. The quantitative estimate of drug-likeness (QED) is 0.639. The van der Waals surface area contributed by atoms with E-state index in [1.54, 1.807) is 31.0 Å². The van der Waals surface area contributed by atoms with Crippen LogP contribution < -0.4 is 4.90 Å². The normalized spacial score (nSPS) is 10.1. The Morgan fingerprint density at radius 1 is 1.32 bits per heavy atom. The van der Waals surface area contributed by atoms with Crippen LogP contribution in [-0.2, 0) is 6.54 Å². The van der Waals surface area contributed by atoms with Gasteiger partial charge in [0.15, 0.2) is 0 Å². The van der Waals surface area contributed by atoms with Crippen molar-refractivity contribution in [1.29, 1.82) is 5.26 Å². The number of halogens is 1. The van der Waals surface area contributed by atoms with Gasteiger partial charge in [0.1, 0.15) is 11.5 Å². The van der Waals surface area contributed by atoms with Crippen LogP contribution in [0, 0.1) is 34.2 Å². The van der Waals surface area contributed by atoms with Gasteiger partial charge in [-0.05, 0) is 36.2 Å². The van der Waals surface area contributed by atoms with Crippen molar-refractivity contribution in [3.8, 4) is 6.07 Å². The highest BCUT2D eigenvalue weighted by atomic mass is 19.1. The van der Waals surface area contributed by atoms with Crippen LogP contribution >= 0.6 is 0 Å². The molecule has 0 N–H and O–H groups in total. The van der Waals surface area contributed by atoms with Gasteiger partial charge in [-0.1, -0.05) is 12.1 Å². The molecule has 0 fully saturated rings. The van der Waals surface area contributed by atoms with Gasteiger partial charge in [0.05, 0.1) is 16.6 Å². The number of aryl methyl sites for hydroxylation is 1. The van der Waals surface area contributed by atoms with E-state index in [4.69, 9.17) is 5.26 Å². The van der Waals surface area contributed by atoms with E-state index < -0.39 is 4.92 Å². The maximum Gasteiger partial charge on any atom is 0.293 e. The van der Waals surface area contributed by atoms with Gasteiger partial charge in [0.25, 0.3) is 5.69 Å². The van der Waals surface area contributed by atoms with Crippen molar-refractivity contribution in [3.05, 3.63) is 69.0 Å². The fourth-order valence-corrected chi connectivity index (χ4v) is 2.16. The molecule has 0 amide bonds. The molecule has 112 valence electrons. The molecule has 0 spiro atoms. The summed E-state index contributed by atoms with van der Waals surface area (Å²) in [7, 11) is 1.69. The van der Waals surface area contributed by atoms with Gasteiger partial charge < -0.3 is 4.90 Å². The third-order valence-electron chi connectivity index (χ3n) is 3.37. The van der Waals surface area contributed by atoms with Gasteiger partial charge in [0, 0.05) is 19.7 Å². The van der Waals surface area contributed by atoms with Crippen LogP contribution in [0.2, 0.25) is 0 Å². The predicted octanol–water partition coefficient (Wildman–Crippen LogP) is 3.55. The third kappa shape index (κ3) is 3.20. The first kappa shape index (κ1) is 15.4. The molecular formula is C16H14FN3O2. The average molecular weight is 299 g/mol. The Morgan fingerprint density at radius 3 is 2.64 bits per heavy atom. The van der Waals surface area contributed by atoms with E-state index in [9.17, 15) is 14.5 Å². The monoisotopic (exact) mass is 299 g/mol. The van der Waals surface area contributed by atoms with Gasteiger partial charge in [-0.2, -0.15) is 5.26 Å². The summed E-state index contributed by atoms with van der Waals surface area (Å²) in [6, 6.07) is 11.0. The van der Waals surface area contributed by atoms with Crippen LogP contribution in [0.4, 0.5) is 15.8 Å². The molecule has 22 heavy (non-hydrogen) atoms. The number of hydrogen-bond acceptors (Lipinski definition) is 4. The summed E-state index contributed by atoms with van der Waals surface area (Å²) in [4.78, 5) is 12.3. The smallest absolute Gasteiger partial charge is 0.293 e. The molecule has 0 unspecified atom stereocenters. The summed E-state index contributed by atoms with van der Waals surface area (Å²) in [6.07, 6.45) is 0. The Morgan fingerprint density at radius 2 is 2.05 bits per heavy atom. The average Bonchev–Trinajstić information content (AvgIpc) is 2.50. The second kappa shape index (κ2) is 6.22. The van der Waals surface area contributed by atoms with Crippen molar-refractivity contribution in [2.75, 3.05) is 11.9 Å². The molecule has 0 heterocycles. The lowest BCUT2D eigenvalue weighted by Crippen LogP contribution is -2.18. The van der Waals surface area contributed by atoms with Gasteiger partial charge >= 0.3 is 0 Å². The molecule has 0 atom stereocenters. The Kier molecular flexibility index (Phi) is 4.37. The maximum atomic E-state index is 13.6. The van der Waals surface area contributed by atoms with Crippen molar-refractivity contribution in [2.45, 2.75) is 13.5 Å². The molecule has 0 saturated heterocycles. The Balaban J connectivity index is 2.33. The van der Waals surface area contributed by atoms with Crippen LogP contribution in [0.1, 0.15) is 16.7 Å². The number of nitro benzene ring substituents is 1. The van der Waals surface area contributed by atoms with E-state index in [-0.39, 0.29) is 17.1 Å². The number of anilines is 1. The highest BCUT2D eigenvalue weighted by molar-refractivity contribution is 5.65. The first-order chi connectivity index (χ1) is 10.4. The van der Waals surface area contributed by atoms with Gasteiger partial charge in [-0.3, -0.25) is 10.1 Å². The molecule has 6 heteroatoms. The predicted molar refractivity (Wildman–Crippen MR) is 81.1 cm³/mol. The zero-order chi connectivity index (χ0) is 16.3. The van der Waals surface area contributed by atoms with Crippen LogP contribution in [0.5, 0.6) is 0 Å². The highest BCUT2D eigenvalue weighted by Crippen LogP contribution is 2.29. The minimum Gasteiger partial charge on any atom is -0.365 e. The largest absolute Gasteiger partial charge is 0.365 e. The van der Waals surface area contributed by atoms with Crippen molar-refractivity contribution in [1.82, 2.24) is 0 Å². The van der Waals surface area contributed by atoms with Crippen molar-refractivity contribution < 1.29 is 9.31 Å². The summed E-state index contributed by atoms with van der Waals surface area (Å²) in [5.41, 5.74) is 1.73. The number of nitrogens with zero attached hydrogens (tertiary/aromatic N) is 3. The molecule has 2 aromatic rings. The molecule has 2 rings (SSSR count). The van der Waals surface area contributed by atoms with Crippen LogP contribution in [-0.4, -0.2) is 12.0 Å². The Hall–Kier alpha value is -2.94. The lowest BCUT2D eigenvalue weighted by Gasteiger charge is -2.19. The molecule has 0 aliphatic heterocycles. The Bertz CT molecular complexity index is 768. The summed E-state index contributed by atoms with van der Waals surface area (Å²) < 4.78 is 13.6. The summed E-state index contributed by atoms with van der Waals surface area (Å²) in [5, 5.41) is 20.0. The summed E-state index contributed by atoms with van der Waals surface area (Å²) >= 11 is 0. The van der Waals surface area contributed by atoms with Crippen molar-refractivity contribution in [3.63, 3.8) is 0 Å². The van der Waals surface area contributed by atoms with Gasteiger partial charge in [-0.15, -0.1) is 0 Å². The lowest BCUT2D eigenvalue weighted by molar-refractivity contribution is -0.384. The first-order valence-electron chi connectivity index (χ1n) is 6.57. The van der Waals surface area contributed by atoms with Gasteiger partial charge in [0.2, 0.25) is 0 Å². The molecule has 2 aromatic carbocycles. The number of nitro groups is 1. The van der Waals surface area contributed by atoms with E-state index in [1.807, 2.05) is 6.07 Å². The lowest BCUT2D eigenvalue weighted by atomic mass is 10.1. The minimum absolute atomic E-state index is 0.144. The minimum atomic E-state index is -0.525. The zero-order valence-electron chi connectivity index (χ0n) is 12.2. The third-order valence-corrected chi connectivity index (χ3v) is 3.37.